The maximum Gasteiger partial charge on any atom is 0.362 e. The van der Waals surface area contributed by atoms with Gasteiger partial charge in [-0.3, -0.25) is 14.2 Å². The molecule has 0 spiro atoms. The van der Waals surface area contributed by atoms with Gasteiger partial charge >= 0.3 is 5.65 Å². The van der Waals surface area contributed by atoms with Crippen LogP contribution in [0.1, 0.15) is 45.4 Å². The highest BCUT2D eigenvalue weighted by Crippen LogP contribution is 2.21. The molecule has 1 atom stereocenters. The summed E-state index contributed by atoms with van der Waals surface area (Å²) in [6, 6.07) is 15.6. The van der Waals surface area contributed by atoms with E-state index >= 15 is 0 Å². The van der Waals surface area contributed by atoms with Crippen molar-refractivity contribution in [2.24, 2.45) is 0 Å². The van der Waals surface area contributed by atoms with Crippen molar-refractivity contribution in [2.45, 2.75) is 19.9 Å². The van der Waals surface area contributed by atoms with Crippen LogP contribution in [0.15, 0.2) is 77.2 Å². The van der Waals surface area contributed by atoms with Gasteiger partial charge in [0.05, 0.1) is 22.6 Å². The van der Waals surface area contributed by atoms with Crippen molar-refractivity contribution >= 4 is 39.6 Å². The topological polar surface area (TPSA) is 136 Å². The third-order valence-corrected chi connectivity index (χ3v) is 7.18. The maximum atomic E-state index is 14.1. The first-order chi connectivity index (χ1) is 19.4. The number of benzene rings is 2. The van der Waals surface area contributed by atoms with E-state index in [0.29, 0.717) is 38.6 Å². The van der Waals surface area contributed by atoms with Gasteiger partial charge in [-0.25, -0.2) is 15.1 Å². The molecule has 4 N–H and O–H groups in total. The number of hydrogen-bond acceptors (Lipinski definition) is 7. The summed E-state index contributed by atoms with van der Waals surface area (Å²) >= 11 is 1.45. The summed E-state index contributed by atoms with van der Waals surface area (Å²) in [5.41, 5.74) is 8.93. The number of aryl methyl sites for hydroxylation is 1. The van der Waals surface area contributed by atoms with Crippen LogP contribution in [0.25, 0.3) is 22.2 Å². The number of anilines is 1. The predicted molar refractivity (Wildman–Crippen MR) is 152 cm³/mol. The van der Waals surface area contributed by atoms with Gasteiger partial charge in [0.25, 0.3) is 11.5 Å². The largest absolute Gasteiger partial charge is 0.382 e. The van der Waals surface area contributed by atoms with Crippen molar-refractivity contribution in [3.63, 3.8) is 0 Å². The van der Waals surface area contributed by atoms with Crippen LogP contribution in [0, 0.1) is 18.8 Å². The quantitative estimate of drug-likeness (QED) is 0.229. The molecule has 10 nitrogen and oxygen atoms in total. The summed E-state index contributed by atoms with van der Waals surface area (Å²) in [5.74, 6) is 6.25. The van der Waals surface area contributed by atoms with Gasteiger partial charge in [0.15, 0.2) is 16.4 Å². The zero-order valence-corrected chi connectivity index (χ0v) is 22.4. The Balaban J connectivity index is 1.48. The highest BCUT2D eigenvalue weighted by molar-refractivity contribution is 7.10. The SMILES string of the molecule is Cc1csc(C#Cc2cccc3nc(C(C)NC(=O)c4c(N)[nH][n+]5cccnc45)n(-c4ccccc4)c(=O)c23)n1. The minimum atomic E-state index is -0.670. The molecule has 2 aromatic carbocycles. The number of nitrogens with zero attached hydrogens (tertiary/aromatic N) is 5. The minimum absolute atomic E-state index is 0.175. The van der Waals surface area contributed by atoms with Gasteiger partial charge in [-0.2, -0.15) is 0 Å². The molecular formula is C29H23N8O2S+. The smallest absolute Gasteiger partial charge is 0.362 e. The number of nitrogens with two attached hydrogens (primary N) is 1. The first-order valence-corrected chi connectivity index (χ1v) is 13.3. The molecule has 0 aliphatic heterocycles. The molecule has 0 aliphatic carbocycles. The number of hydrogen-bond donors (Lipinski definition) is 3. The molecule has 0 radical (unpaired) electrons. The molecule has 0 saturated carbocycles. The minimum Gasteiger partial charge on any atom is -0.382 e. The summed E-state index contributed by atoms with van der Waals surface area (Å²) in [4.78, 5) is 41.0. The number of nitrogen functional groups attached to an aromatic ring is 1. The second-order valence-electron chi connectivity index (χ2n) is 9.10. The molecule has 4 heterocycles. The summed E-state index contributed by atoms with van der Waals surface area (Å²) in [5, 5.41) is 8.84. The van der Waals surface area contributed by atoms with E-state index in [1.54, 1.807) is 48.1 Å². The zero-order valence-electron chi connectivity index (χ0n) is 21.5. The van der Waals surface area contributed by atoms with Gasteiger partial charge < -0.3 is 11.1 Å². The van der Waals surface area contributed by atoms with E-state index < -0.39 is 11.9 Å². The van der Waals surface area contributed by atoms with E-state index in [-0.39, 0.29) is 16.9 Å². The lowest BCUT2D eigenvalue weighted by atomic mass is 10.1. The lowest BCUT2D eigenvalue weighted by Crippen LogP contribution is -2.34. The molecule has 0 bridgehead atoms. The Morgan fingerprint density at radius 1 is 1.12 bits per heavy atom. The van der Waals surface area contributed by atoms with E-state index in [1.807, 2.05) is 42.6 Å². The summed E-state index contributed by atoms with van der Waals surface area (Å²) < 4.78 is 3.08. The molecule has 0 saturated heterocycles. The van der Waals surface area contributed by atoms with Crippen molar-refractivity contribution in [1.29, 1.82) is 0 Å². The van der Waals surface area contributed by atoms with Crippen LogP contribution in [0.5, 0.6) is 0 Å². The molecule has 4 aromatic heterocycles. The number of aromatic amines is 1. The van der Waals surface area contributed by atoms with E-state index in [4.69, 9.17) is 10.7 Å². The monoisotopic (exact) mass is 547 g/mol. The first-order valence-electron chi connectivity index (χ1n) is 12.4. The number of H-pyrrole nitrogens is 1. The van der Waals surface area contributed by atoms with Crippen LogP contribution in [-0.2, 0) is 0 Å². The summed E-state index contributed by atoms with van der Waals surface area (Å²) in [7, 11) is 0. The Labute approximate surface area is 232 Å². The first kappa shape index (κ1) is 25.0. The van der Waals surface area contributed by atoms with Crippen LogP contribution in [0.3, 0.4) is 0 Å². The number of amides is 1. The van der Waals surface area contributed by atoms with Gasteiger partial charge in [0, 0.05) is 22.7 Å². The number of nitrogens with one attached hydrogen (secondary N) is 2. The molecular weight excluding hydrogens is 524 g/mol. The molecule has 0 aliphatic rings. The number of thiazole rings is 1. The fourth-order valence-electron chi connectivity index (χ4n) is 4.51. The Hall–Kier alpha value is -5.34. The average Bonchev–Trinajstić information content (AvgIpc) is 3.53. The Morgan fingerprint density at radius 3 is 2.73 bits per heavy atom. The van der Waals surface area contributed by atoms with Crippen molar-refractivity contribution in [3.8, 4) is 17.5 Å². The number of rotatable bonds is 4. The zero-order chi connectivity index (χ0) is 27.8. The molecule has 40 heavy (non-hydrogen) atoms. The number of carbonyl (C=O) groups excluding carboxylic acids is 1. The van der Waals surface area contributed by atoms with Crippen molar-refractivity contribution in [3.05, 3.63) is 110 Å². The summed E-state index contributed by atoms with van der Waals surface area (Å²) in [6.45, 7) is 3.68. The highest BCUT2D eigenvalue weighted by atomic mass is 32.1. The molecule has 1 amide bonds. The van der Waals surface area contributed by atoms with Crippen LogP contribution >= 0.6 is 11.3 Å². The van der Waals surface area contributed by atoms with E-state index in [0.717, 1.165) is 5.69 Å². The number of fused-ring (bicyclic) bond motifs is 2. The standard InChI is InChI=1S/C29H22N8O2S/c1-17-16-40-22(32-17)13-12-19-8-6-11-21-23(19)29(39)37(20-9-4-3-5-10-20)26(34-21)18(2)33-28(38)24-25(30)35-36-15-7-14-31-27(24)36/h3-11,14-16,18H,1-2H3,(H3,30,33,35,38)/p+1. The molecule has 196 valence electrons. The van der Waals surface area contributed by atoms with Gasteiger partial charge in [0.1, 0.15) is 18.2 Å². The molecule has 11 heteroatoms. The van der Waals surface area contributed by atoms with Crippen molar-refractivity contribution in [2.75, 3.05) is 5.73 Å². The number of carbonyl (C=O) groups is 1. The Morgan fingerprint density at radius 2 is 1.95 bits per heavy atom. The average molecular weight is 548 g/mol. The Kier molecular flexibility index (Phi) is 6.30. The summed E-state index contributed by atoms with van der Waals surface area (Å²) in [6.07, 6.45) is 3.30. The van der Waals surface area contributed by atoms with Crippen LogP contribution in [0.2, 0.25) is 0 Å². The molecule has 1 unspecified atom stereocenters. The maximum absolute atomic E-state index is 14.1. The molecule has 6 rings (SSSR count). The predicted octanol–water partition coefficient (Wildman–Crippen LogP) is 3.09. The lowest BCUT2D eigenvalue weighted by Gasteiger charge is -2.19. The van der Waals surface area contributed by atoms with Crippen molar-refractivity contribution in [1.82, 2.24) is 29.9 Å². The van der Waals surface area contributed by atoms with E-state index in [1.165, 1.54) is 15.9 Å². The fourth-order valence-corrected chi connectivity index (χ4v) is 5.15. The van der Waals surface area contributed by atoms with E-state index in [2.05, 4.69) is 32.2 Å². The van der Waals surface area contributed by atoms with Gasteiger partial charge in [-0.1, -0.05) is 30.2 Å². The highest BCUT2D eigenvalue weighted by Gasteiger charge is 2.27. The van der Waals surface area contributed by atoms with Crippen LogP contribution < -0.4 is 21.1 Å². The Bertz CT molecular complexity index is 2030. The molecule has 6 aromatic rings. The van der Waals surface area contributed by atoms with Gasteiger partial charge in [0.2, 0.25) is 0 Å². The number of para-hydroxylation sites is 1. The lowest BCUT2D eigenvalue weighted by molar-refractivity contribution is -0.577. The van der Waals surface area contributed by atoms with E-state index in [9.17, 15) is 9.59 Å². The fraction of sp³-hybridized carbons (Fsp3) is 0.103. The normalized spacial score (nSPS) is 11.8. The van der Waals surface area contributed by atoms with Crippen molar-refractivity contribution < 1.29 is 9.31 Å². The third-order valence-electron chi connectivity index (χ3n) is 6.30. The van der Waals surface area contributed by atoms with Gasteiger partial charge in [-0.15, -0.1) is 15.9 Å². The van der Waals surface area contributed by atoms with Gasteiger partial charge in [-0.05, 0) is 49.0 Å². The number of aromatic nitrogens is 6. The van der Waals surface area contributed by atoms with Crippen LogP contribution in [0.4, 0.5) is 5.82 Å². The second-order valence-corrected chi connectivity index (χ2v) is 9.96. The van der Waals surface area contributed by atoms with Crippen LogP contribution in [-0.4, -0.2) is 30.5 Å². The second kappa shape index (κ2) is 10.1. The third kappa shape index (κ3) is 4.46. The molecule has 0 fully saturated rings.